The minimum Gasteiger partial charge on any atom is -0.384 e. The molecule has 0 aliphatic carbocycles. The lowest BCUT2D eigenvalue weighted by Gasteiger charge is -2.17. The molecule has 3 heteroatoms. The Hall–Kier alpha value is -1.19. The Morgan fingerprint density at radius 3 is 2.26 bits per heavy atom. The van der Waals surface area contributed by atoms with E-state index in [4.69, 9.17) is 0 Å². The molecule has 0 radical (unpaired) electrons. The predicted octanol–water partition coefficient (Wildman–Crippen LogP) is 4.60. The van der Waals surface area contributed by atoms with Gasteiger partial charge in [-0.1, -0.05) is 28.1 Å². The Labute approximate surface area is 121 Å². The normalized spacial score (nSPS) is 12.5. The first-order valence-electron chi connectivity index (χ1n) is 6.11. The summed E-state index contributed by atoms with van der Waals surface area (Å²) in [5.41, 5.74) is 4.67. The maximum absolute atomic E-state index is 13.3. The van der Waals surface area contributed by atoms with Crippen molar-refractivity contribution in [3.8, 4) is 0 Å². The van der Waals surface area contributed by atoms with E-state index in [1.807, 2.05) is 32.9 Å². The van der Waals surface area contributed by atoms with Crippen LogP contribution in [0.3, 0.4) is 0 Å². The zero-order valence-electron chi connectivity index (χ0n) is 11.2. The van der Waals surface area contributed by atoms with Gasteiger partial charge in [0, 0.05) is 10.0 Å². The van der Waals surface area contributed by atoms with Crippen molar-refractivity contribution in [1.82, 2.24) is 0 Å². The fraction of sp³-hybridized carbons (Fsp3) is 0.250. The molecular weight excluding hydrogens is 307 g/mol. The van der Waals surface area contributed by atoms with E-state index in [-0.39, 0.29) is 5.82 Å². The summed E-state index contributed by atoms with van der Waals surface area (Å²) in [6, 6.07) is 8.36. The lowest BCUT2D eigenvalue weighted by atomic mass is 9.93. The second-order valence-corrected chi connectivity index (χ2v) is 5.72. The van der Waals surface area contributed by atoms with E-state index in [1.54, 1.807) is 6.07 Å². The molecule has 0 heterocycles. The summed E-state index contributed by atoms with van der Waals surface area (Å²) in [7, 11) is 0. The van der Waals surface area contributed by atoms with Crippen LogP contribution in [0.25, 0.3) is 0 Å². The summed E-state index contributed by atoms with van der Waals surface area (Å²) >= 11 is 3.36. The number of hydrogen-bond donors (Lipinski definition) is 1. The molecule has 0 amide bonds. The Morgan fingerprint density at radius 1 is 0.947 bits per heavy atom. The van der Waals surface area contributed by atoms with Gasteiger partial charge >= 0.3 is 0 Å². The molecule has 1 nitrogen and oxygen atoms in total. The molecule has 2 rings (SSSR count). The average molecular weight is 323 g/mol. The van der Waals surface area contributed by atoms with Gasteiger partial charge in [-0.2, -0.15) is 0 Å². The number of aliphatic hydroxyl groups is 1. The van der Waals surface area contributed by atoms with E-state index in [0.29, 0.717) is 10.0 Å². The first kappa shape index (κ1) is 14.2. The second kappa shape index (κ2) is 5.43. The molecule has 0 fully saturated rings. The molecule has 100 valence electrons. The topological polar surface area (TPSA) is 20.2 Å². The van der Waals surface area contributed by atoms with Crippen molar-refractivity contribution >= 4 is 15.9 Å². The van der Waals surface area contributed by atoms with Gasteiger partial charge in [-0.05, 0) is 61.2 Å². The monoisotopic (exact) mass is 322 g/mol. The van der Waals surface area contributed by atoms with Crippen molar-refractivity contribution in [2.24, 2.45) is 0 Å². The van der Waals surface area contributed by atoms with Gasteiger partial charge in [-0.3, -0.25) is 0 Å². The van der Waals surface area contributed by atoms with Crippen molar-refractivity contribution in [2.45, 2.75) is 26.9 Å². The van der Waals surface area contributed by atoms with Gasteiger partial charge in [-0.15, -0.1) is 0 Å². The molecule has 0 saturated heterocycles. The fourth-order valence-corrected chi connectivity index (χ4v) is 2.63. The summed E-state index contributed by atoms with van der Waals surface area (Å²) in [4.78, 5) is 0. The number of halogens is 2. The van der Waals surface area contributed by atoms with E-state index in [9.17, 15) is 9.50 Å². The molecule has 2 aromatic carbocycles. The van der Waals surface area contributed by atoms with Gasteiger partial charge in [0.2, 0.25) is 0 Å². The Balaban J connectivity index is 2.52. The van der Waals surface area contributed by atoms with E-state index in [2.05, 4.69) is 15.9 Å². The molecule has 1 unspecified atom stereocenters. The van der Waals surface area contributed by atoms with Crippen molar-refractivity contribution in [3.63, 3.8) is 0 Å². The van der Waals surface area contributed by atoms with Crippen LogP contribution in [0.15, 0.2) is 34.8 Å². The quantitative estimate of drug-likeness (QED) is 0.857. The van der Waals surface area contributed by atoms with Crippen molar-refractivity contribution < 1.29 is 9.50 Å². The number of benzene rings is 2. The van der Waals surface area contributed by atoms with E-state index in [1.165, 1.54) is 17.7 Å². The molecule has 0 aliphatic rings. The SMILES string of the molecule is Cc1cc(C)c(C(O)c2cc(F)ccc2Br)cc1C. The van der Waals surface area contributed by atoms with Gasteiger partial charge < -0.3 is 5.11 Å². The summed E-state index contributed by atoms with van der Waals surface area (Å²) in [6.45, 7) is 6.00. The molecule has 0 bridgehead atoms. The number of hydrogen-bond acceptors (Lipinski definition) is 1. The highest BCUT2D eigenvalue weighted by molar-refractivity contribution is 9.10. The van der Waals surface area contributed by atoms with Crippen LogP contribution in [0.5, 0.6) is 0 Å². The van der Waals surface area contributed by atoms with Crippen LogP contribution in [0.4, 0.5) is 4.39 Å². The highest BCUT2D eigenvalue weighted by Crippen LogP contribution is 2.32. The van der Waals surface area contributed by atoms with E-state index >= 15 is 0 Å². The van der Waals surface area contributed by atoms with Crippen LogP contribution in [-0.4, -0.2) is 5.11 Å². The lowest BCUT2D eigenvalue weighted by Crippen LogP contribution is -2.04. The Morgan fingerprint density at radius 2 is 1.58 bits per heavy atom. The van der Waals surface area contributed by atoms with Crippen LogP contribution < -0.4 is 0 Å². The van der Waals surface area contributed by atoms with Gasteiger partial charge in [-0.25, -0.2) is 4.39 Å². The number of aliphatic hydroxyl groups excluding tert-OH is 1. The zero-order valence-corrected chi connectivity index (χ0v) is 12.8. The third kappa shape index (κ3) is 2.88. The minimum absolute atomic E-state index is 0.348. The Kier molecular flexibility index (Phi) is 4.07. The van der Waals surface area contributed by atoms with Crippen LogP contribution in [0, 0.1) is 26.6 Å². The smallest absolute Gasteiger partial charge is 0.123 e. The first-order chi connectivity index (χ1) is 8.90. The van der Waals surface area contributed by atoms with E-state index < -0.39 is 6.10 Å². The third-order valence-corrected chi connectivity index (χ3v) is 4.15. The lowest BCUT2D eigenvalue weighted by molar-refractivity contribution is 0.218. The maximum Gasteiger partial charge on any atom is 0.123 e. The summed E-state index contributed by atoms with van der Waals surface area (Å²) < 4.78 is 14.0. The van der Waals surface area contributed by atoms with Gasteiger partial charge in [0.15, 0.2) is 0 Å². The largest absolute Gasteiger partial charge is 0.384 e. The molecule has 0 saturated carbocycles. The predicted molar refractivity (Wildman–Crippen MR) is 78.8 cm³/mol. The van der Waals surface area contributed by atoms with Crippen LogP contribution >= 0.6 is 15.9 Å². The molecule has 0 aliphatic heterocycles. The molecule has 0 spiro atoms. The highest BCUT2D eigenvalue weighted by Gasteiger charge is 2.17. The average Bonchev–Trinajstić information content (AvgIpc) is 2.36. The maximum atomic E-state index is 13.3. The van der Waals surface area contributed by atoms with Crippen molar-refractivity contribution in [1.29, 1.82) is 0 Å². The van der Waals surface area contributed by atoms with Crippen molar-refractivity contribution in [3.05, 3.63) is 68.4 Å². The number of aryl methyl sites for hydroxylation is 3. The Bertz CT molecular complexity index is 622. The van der Waals surface area contributed by atoms with Crippen LogP contribution in [0.2, 0.25) is 0 Å². The summed E-state index contributed by atoms with van der Waals surface area (Å²) in [6.07, 6.45) is -0.829. The third-order valence-electron chi connectivity index (χ3n) is 3.43. The molecule has 2 aromatic rings. The molecule has 1 atom stereocenters. The molecular formula is C16H16BrFO. The zero-order chi connectivity index (χ0) is 14.2. The van der Waals surface area contributed by atoms with Gasteiger partial charge in [0.25, 0.3) is 0 Å². The number of rotatable bonds is 2. The standard InChI is InChI=1S/C16H16BrFO/c1-9-6-11(3)13(7-10(9)2)16(19)14-8-12(18)4-5-15(14)17/h4-8,16,19H,1-3H3. The van der Waals surface area contributed by atoms with Crippen LogP contribution in [0.1, 0.15) is 33.9 Å². The summed E-state index contributed by atoms with van der Waals surface area (Å²) in [5.74, 6) is -0.348. The second-order valence-electron chi connectivity index (χ2n) is 4.86. The van der Waals surface area contributed by atoms with Gasteiger partial charge in [0.1, 0.15) is 11.9 Å². The first-order valence-corrected chi connectivity index (χ1v) is 6.90. The van der Waals surface area contributed by atoms with E-state index in [0.717, 1.165) is 16.7 Å². The minimum atomic E-state index is -0.829. The summed E-state index contributed by atoms with van der Waals surface area (Å²) in [5, 5.41) is 10.5. The molecule has 0 aromatic heterocycles. The van der Waals surface area contributed by atoms with Crippen LogP contribution in [-0.2, 0) is 0 Å². The fourth-order valence-electron chi connectivity index (χ4n) is 2.17. The van der Waals surface area contributed by atoms with Crippen molar-refractivity contribution in [2.75, 3.05) is 0 Å². The molecule has 19 heavy (non-hydrogen) atoms. The molecule has 1 N–H and O–H groups in total. The highest BCUT2D eigenvalue weighted by atomic mass is 79.9. The van der Waals surface area contributed by atoms with Gasteiger partial charge in [0.05, 0.1) is 0 Å².